The molecule has 0 aliphatic rings. The first-order valence-electron chi connectivity index (χ1n) is 7.10. The molecular formula is C17H13FIN3OS. The van der Waals surface area contributed by atoms with E-state index in [1.54, 1.807) is 18.3 Å². The summed E-state index contributed by atoms with van der Waals surface area (Å²) in [5, 5.41) is 3.52. The number of thioether (sulfide) groups is 1. The molecule has 0 aliphatic heterocycles. The highest BCUT2D eigenvalue weighted by Gasteiger charge is 2.09. The van der Waals surface area contributed by atoms with Gasteiger partial charge in [-0.25, -0.2) is 9.37 Å². The number of amides is 1. The van der Waals surface area contributed by atoms with E-state index in [1.807, 2.05) is 24.3 Å². The second kappa shape index (κ2) is 7.80. The van der Waals surface area contributed by atoms with Gasteiger partial charge in [0.2, 0.25) is 5.91 Å². The molecule has 0 radical (unpaired) electrons. The van der Waals surface area contributed by atoms with Gasteiger partial charge in [-0.1, -0.05) is 23.9 Å². The average Bonchev–Trinajstić information content (AvgIpc) is 3.05. The van der Waals surface area contributed by atoms with Crippen molar-refractivity contribution in [3.8, 4) is 11.3 Å². The number of aromatic amines is 1. The zero-order valence-corrected chi connectivity index (χ0v) is 15.4. The molecule has 1 aromatic heterocycles. The number of aromatic nitrogens is 2. The number of anilines is 1. The number of hydrogen-bond donors (Lipinski definition) is 2. The van der Waals surface area contributed by atoms with Crippen molar-refractivity contribution in [2.45, 2.75) is 5.16 Å². The number of nitrogens with one attached hydrogen (secondary N) is 2. The van der Waals surface area contributed by atoms with Crippen molar-refractivity contribution in [2.24, 2.45) is 0 Å². The number of rotatable bonds is 5. The van der Waals surface area contributed by atoms with Gasteiger partial charge in [0.1, 0.15) is 5.82 Å². The largest absolute Gasteiger partial charge is 0.333 e. The van der Waals surface area contributed by atoms with Crippen molar-refractivity contribution < 1.29 is 9.18 Å². The van der Waals surface area contributed by atoms with Crippen LogP contribution in [0.1, 0.15) is 0 Å². The Morgan fingerprint density at radius 3 is 2.71 bits per heavy atom. The molecule has 2 aromatic carbocycles. The summed E-state index contributed by atoms with van der Waals surface area (Å²) in [5.41, 5.74) is 2.43. The molecule has 3 aromatic rings. The summed E-state index contributed by atoms with van der Waals surface area (Å²) in [5.74, 6) is -0.120. The fourth-order valence-corrected chi connectivity index (χ4v) is 3.21. The molecule has 0 unspecified atom stereocenters. The molecule has 4 nitrogen and oxygen atoms in total. The zero-order chi connectivity index (χ0) is 16.9. The lowest BCUT2D eigenvalue weighted by molar-refractivity contribution is -0.113. The van der Waals surface area contributed by atoms with Gasteiger partial charge in [0.15, 0.2) is 5.16 Å². The lowest BCUT2D eigenvalue weighted by Crippen LogP contribution is -2.14. The van der Waals surface area contributed by atoms with Gasteiger partial charge in [0.05, 0.1) is 23.3 Å². The summed E-state index contributed by atoms with van der Waals surface area (Å²) in [6, 6.07) is 13.8. The number of halogens is 2. The molecule has 0 bridgehead atoms. The fraction of sp³-hybridized carbons (Fsp3) is 0.0588. The quantitative estimate of drug-likeness (QED) is 0.440. The summed E-state index contributed by atoms with van der Waals surface area (Å²) < 4.78 is 13.9. The van der Waals surface area contributed by atoms with Gasteiger partial charge >= 0.3 is 0 Å². The Morgan fingerprint density at radius 2 is 1.96 bits per heavy atom. The van der Waals surface area contributed by atoms with Gasteiger partial charge in [-0.3, -0.25) is 4.79 Å². The van der Waals surface area contributed by atoms with Crippen LogP contribution >= 0.6 is 34.4 Å². The SMILES string of the molecule is O=C(CSc1ncc(-c2ccc(F)cc2)[nH]1)Nc1ccccc1I. The molecule has 2 N–H and O–H groups in total. The first-order valence-corrected chi connectivity index (χ1v) is 9.16. The Kier molecular flexibility index (Phi) is 5.52. The van der Waals surface area contributed by atoms with E-state index in [4.69, 9.17) is 0 Å². The zero-order valence-electron chi connectivity index (χ0n) is 12.4. The third-order valence-electron chi connectivity index (χ3n) is 3.20. The van der Waals surface area contributed by atoms with Crippen LogP contribution in [0.5, 0.6) is 0 Å². The predicted molar refractivity (Wildman–Crippen MR) is 102 cm³/mol. The number of carbonyl (C=O) groups is 1. The Labute approximate surface area is 156 Å². The fourth-order valence-electron chi connectivity index (χ4n) is 2.04. The van der Waals surface area contributed by atoms with Crippen LogP contribution in [0.2, 0.25) is 0 Å². The number of carbonyl (C=O) groups excluding carboxylic acids is 1. The summed E-state index contributed by atoms with van der Waals surface area (Å²) in [6.45, 7) is 0. The second-order valence-electron chi connectivity index (χ2n) is 4.93. The lowest BCUT2D eigenvalue weighted by atomic mass is 10.2. The highest BCUT2D eigenvalue weighted by atomic mass is 127. The highest BCUT2D eigenvalue weighted by Crippen LogP contribution is 2.22. The van der Waals surface area contributed by atoms with Crippen molar-refractivity contribution in [3.63, 3.8) is 0 Å². The molecular weight excluding hydrogens is 440 g/mol. The van der Waals surface area contributed by atoms with Crippen molar-refractivity contribution in [1.29, 1.82) is 0 Å². The van der Waals surface area contributed by atoms with E-state index in [0.29, 0.717) is 5.16 Å². The van der Waals surface area contributed by atoms with Gasteiger partial charge in [0, 0.05) is 3.57 Å². The average molecular weight is 453 g/mol. The first kappa shape index (κ1) is 17.0. The minimum absolute atomic E-state index is 0.0937. The Balaban J connectivity index is 1.58. The van der Waals surface area contributed by atoms with Crippen molar-refractivity contribution in [1.82, 2.24) is 9.97 Å². The van der Waals surface area contributed by atoms with Crippen LogP contribution in [-0.2, 0) is 4.79 Å². The van der Waals surface area contributed by atoms with E-state index in [-0.39, 0.29) is 17.5 Å². The number of nitrogens with zero attached hydrogens (tertiary/aromatic N) is 1. The third-order valence-corrected chi connectivity index (χ3v) is 5.02. The molecule has 122 valence electrons. The topological polar surface area (TPSA) is 57.8 Å². The van der Waals surface area contributed by atoms with E-state index in [9.17, 15) is 9.18 Å². The molecule has 0 saturated heterocycles. The van der Waals surface area contributed by atoms with Crippen molar-refractivity contribution in [3.05, 3.63) is 64.1 Å². The van der Waals surface area contributed by atoms with Gasteiger partial charge in [-0.15, -0.1) is 0 Å². The smallest absolute Gasteiger partial charge is 0.234 e. The maximum Gasteiger partial charge on any atom is 0.234 e. The van der Waals surface area contributed by atoms with Crippen LogP contribution in [0.25, 0.3) is 11.3 Å². The van der Waals surface area contributed by atoms with Gasteiger partial charge in [0.25, 0.3) is 0 Å². The standard InChI is InChI=1S/C17H13FIN3OS/c18-12-7-5-11(6-8-12)15-9-20-17(22-15)24-10-16(23)21-14-4-2-1-3-13(14)19/h1-9H,10H2,(H,20,22)(H,21,23). The molecule has 1 heterocycles. The highest BCUT2D eigenvalue weighted by molar-refractivity contribution is 14.1. The number of imidazole rings is 1. The van der Waals surface area contributed by atoms with E-state index in [2.05, 4.69) is 37.9 Å². The minimum Gasteiger partial charge on any atom is -0.333 e. The summed E-state index contributed by atoms with van der Waals surface area (Å²) in [6.07, 6.45) is 1.67. The van der Waals surface area contributed by atoms with Crippen LogP contribution in [0.15, 0.2) is 59.9 Å². The van der Waals surface area contributed by atoms with Crippen LogP contribution < -0.4 is 5.32 Å². The molecule has 0 fully saturated rings. The van der Waals surface area contributed by atoms with E-state index in [0.717, 1.165) is 20.5 Å². The number of benzene rings is 2. The Hall–Kier alpha value is -1.87. The molecule has 1 amide bonds. The number of hydrogen-bond acceptors (Lipinski definition) is 3. The van der Waals surface area contributed by atoms with Crippen molar-refractivity contribution in [2.75, 3.05) is 11.1 Å². The Bertz CT molecular complexity index is 851. The molecule has 0 saturated carbocycles. The van der Waals surface area contributed by atoms with Crippen LogP contribution in [0.3, 0.4) is 0 Å². The normalized spacial score (nSPS) is 10.6. The van der Waals surface area contributed by atoms with E-state index >= 15 is 0 Å². The van der Waals surface area contributed by atoms with Gasteiger partial charge < -0.3 is 10.3 Å². The van der Waals surface area contributed by atoms with Gasteiger partial charge in [-0.05, 0) is 64.6 Å². The molecule has 7 heteroatoms. The van der Waals surface area contributed by atoms with E-state index in [1.165, 1.54) is 23.9 Å². The summed E-state index contributed by atoms with van der Waals surface area (Å²) >= 11 is 3.50. The number of H-pyrrole nitrogens is 1. The summed E-state index contributed by atoms with van der Waals surface area (Å²) in [7, 11) is 0. The second-order valence-corrected chi connectivity index (χ2v) is 7.05. The van der Waals surface area contributed by atoms with Crippen molar-refractivity contribution >= 4 is 45.9 Å². The lowest BCUT2D eigenvalue weighted by Gasteiger charge is -2.06. The van der Waals surface area contributed by atoms with E-state index < -0.39 is 0 Å². The third kappa shape index (κ3) is 4.35. The van der Waals surface area contributed by atoms with Gasteiger partial charge in [-0.2, -0.15) is 0 Å². The predicted octanol–water partition coefficient (Wildman–Crippen LogP) is 4.55. The van der Waals surface area contributed by atoms with Crippen LogP contribution in [0, 0.1) is 9.39 Å². The minimum atomic E-state index is -0.278. The maximum atomic E-state index is 12.9. The first-order chi connectivity index (χ1) is 11.6. The van der Waals surface area contributed by atoms with Crippen LogP contribution in [0.4, 0.5) is 10.1 Å². The molecule has 24 heavy (non-hydrogen) atoms. The summed E-state index contributed by atoms with van der Waals surface area (Å²) in [4.78, 5) is 19.4. The maximum absolute atomic E-state index is 12.9. The Morgan fingerprint density at radius 1 is 1.21 bits per heavy atom. The molecule has 0 aliphatic carbocycles. The molecule has 0 spiro atoms. The molecule has 0 atom stereocenters. The monoisotopic (exact) mass is 453 g/mol. The molecule has 3 rings (SSSR count). The van der Waals surface area contributed by atoms with Crippen LogP contribution in [-0.4, -0.2) is 21.6 Å². The number of para-hydroxylation sites is 1.